The molecular weight excluding hydrogens is 146 g/mol. The Hall–Kier alpha value is -0.920. The summed E-state index contributed by atoms with van der Waals surface area (Å²) >= 11 is 0. The van der Waals surface area contributed by atoms with Crippen LogP contribution in [-0.2, 0) is 0 Å². The van der Waals surface area contributed by atoms with E-state index >= 15 is 0 Å². The molecule has 0 amide bonds. The van der Waals surface area contributed by atoms with Crippen molar-refractivity contribution in [1.82, 2.24) is 0 Å². The van der Waals surface area contributed by atoms with Crippen LogP contribution >= 0.6 is 0 Å². The summed E-state index contributed by atoms with van der Waals surface area (Å²) in [6.07, 6.45) is -2.35. The van der Waals surface area contributed by atoms with E-state index in [-0.39, 0.29) is 5.56 Å². The number of alkyl halides is 2. The van der Waals surface area contributed by atoms with Gasteiger partial charge in [0, 0.05) is 5.56 Å². The van der Waals surface area contributed by atoms with E-state index in [4.69, 9.17) is 0 Å². The van der Waals surface area contributed by atoms with Crippen LogP contribution in [0.2, 0.25) is 0 Å². The average Bonchev–Trinajstić information content (AvgIpc) is 1.85. The fraction of sp³-hybridized carbons (Fsp3) is 0.333. The molecule has 0 bridgehead atoms. The molecule has 0 heterocycles. The average molecular weight is 156 g/mol. The van der Waals surface area contributed by atoms with Crippen LogP contribution in [0.3, 0.4) is 0 Å². The molecule has 0 saturated carbocycles. The Morgan fingerprint density at radius 1 is 1.00 bits per heavy atom. The van der Waals surface area contributed by atoms with Crippen molar-refractivity contribution in [2.75, 3.05) is 0 Å². The lowest BCUT2D eigenvalue weighted by atomic mass is 10.1. The summed E-state index contributed by atoms with van der Waals surface area (Å²) in [7, 11) is 0. The third-order valence-electron chi connectivity index (χ3n) is 1.50. The van der Waals surface area contributed by atoms with E-state index in [1.165, 1.54) is 12.1 Å². The molecule has 0 radical (unpaired) electrons. The van der Waals surface area contributed by atoms with Crippen LogP contribution in [0.5, 0.6) is 0 Å². The van der Waals surface area contributed by atoms with Crippen LogP contribution in [0.4, 0.5) is 8.78 Å². The molecule has 1 aromatic carbocycles. The van der Waals surface area contributed by atoms with Gasteiger partial charge < -0.3 is 0 Å². The molecule has 60 valence electrons. The molecule has 0 spiro atoms. The third kappa shape index (κ3) is 2.00. The van der Waals surface area contributed by atoms with Gasteiger partial charge in [0.15, 0.2) is 0 Å². The molecule has 11 heavy (non-hydrogen) atoms. The highest BCUT2D eigenvalue weighted by atomic mass is 19.3. The van der Waals surface area contributed by atoms with E-state index in [2.05, 4.69) is 0 Å². The van der Waals surface area contributed by atoms with Gasteiger partial charge in [-0.1, -0.05) is 29.3 Å². The molecule has 2 heteroatoms. The summed E-state index contributed by atoms with van der Waals surface area (Å²) in [5.41, 5.74) is 1.89. The Labute approximate surface area is 64.9 Å². The molecule has 0 aliphatic heterocycles. The Bertz CT molecular complexity index is 233. The van der Waals surface area contributed by atoms with Crippen molar-refractivity contribution >= 4 is 0 Å². The summed E-state index contributed by atoms with van der Waals surface area (Å²) < 4.78 is 24.3. The third-order valence-corrected chi connectivity index (χ3v) is 1.50. The number of aryl methyl sites for hydroxylation is 2. The molecule has 0 fully saturated rings. The van der Waals surface area contributed by atoms with Crippen molar-refractivity contribution in [3.63, 3.8) is 0 Å². The number of hydrogen-bond donors (Lipinski definition) is 0. The molecule has 0 saturated heterocycles. The zero-order valence-electron chi connectivity index (χ0n) is 6.57. The SMILES string of the molecule is Cc1cc(C)cc(C(F)F)c1. The molecule has 0 aliphatic carbocycles. The predicted octanol–water partition coefficient (Wildman–Crippen LogP) is 3.24. The summed E-state index contributed by atoms with van der Waals surface area (Å²) in [6, 6.07) is 4.90. The van der Waals surface area contributed by atoms with Gasteiger partial charge in [-0.05, 0) is 13.8 Å². The lowest BCUT2D eigenvalue weighted by molar-refractivity contribution is 0.151. The summed E-state index contributed by atoms with van der Waals surface area (Å²) in [5, 5.41) is 0. The summed E-state index contributed by atoms with van der Waals surface area (Å²) in [5.74, 6) is 0. The van der Waals surface area contributed by atoms with Crippen molar-refractivity contribution < 1.29 is 8.78 Å². The van der Waals surface area contributed by atoms with Crippen molar-refractivity contribution in [1.29, 1.82) is 0 Å². The molecular formula is C9H10F2. The van der Waals surface area contributed by atoms with Gasteiger partial charge in [0.1, 0.15) is 0 Å². The second-order valence-electron chi connectivity index (χ2n) is 2.72. The summed E-state index contributed by atoms with van der Waals surface area (Å²) in [6.45, 7) is 3.64. The van der Waals surface area contributed by atoms with Crippen LogP contribution in [0.15, 0.2) is 18.2 Å². The maximum absolute atomic E-state index is 12.1. The van der Waals surface area contributed by atoms with Crippen LogP contribution in [0, 0.1) is 13.8 Å². The van der Waals surface area contributed by atoms with E-state index in [0.29, 0.717) is 0 Å². The van der Waals surface area contributed by atoms with Gasteiger partial charge in [-0.3, -0.25) is 0 Å². The van der Waals surface area contributed by atoms with Gasteiger partial charge in [-0.15, -0.1) is 0 Å². The first kappa shape index (κ1) is 8.18. The normalized spacial score (nSPS) is 10.6. The number of rotatable bonds is 1. The van der Waals surface area contributed by atoms with Gasteiger partial charge in [0.25, 0.3) is 6.43 Å². The summed E-state index contributed by atoms with van der Waals surface area (Å²) in [4.78, 5) is 0. The molecule has 1 rings (SSSR count). The first-order chi connectivity index (χ1) is 5.09. The number of halogens is 2. The fourth-order valence-electron chi connectivity index (χ4n) is 1.14. The van der Waals surface area contributed by atoms with E-state index in [9.17, 15) is 8.78 Å². The monoisotopic (exact) mass is 156 g/mol. The van der Waals surface area contributed by atoms with Crippen molar-refractivity contribution in [3.05, 3.63) is 34.9 Å². The van der Waals surface area contributed by atoms with E-state index in [1.807, 2.05) is 19.9 Å². The fourth-order valence-corrected chi connectivity index (χ4v) is 1.14. The van der Waals surface area contributed by atoms with Gasteiger partial charge >= 0.3 is 0 Å². The first-order valence-electron chi connectivity index (χ1n) is 3.46. The molecule has 0 atom stereocenters. The zero-order chi connectivity index (χ0) is 8.43. The van der Waals surface area contributed by atoms with E-state index < -0.39 is 6.43 Å². The molecule has 0 aliphatic rings. The van der Waals surface area contributed by atoms with Crippen LogP contribution < -0.4 is 0 Å². The number of benzene rings is 1. The van der Waals surface area contributed by atoms with Crippen molar-refractivity contribution in [3.8, 4) is 0 Å². The highest BCUT2D eigenvalue weighted by Gasteiger charge is 2.06. The lowest BCUT2D eigenvalue weighted by Gasteiger charge is -2.02. The van der Waals surface area contributed by atoms with E-state index in [0.717, 1.165) is 11.1 Å². The molecule has 0 N–H and O–H groups in total. The standard InChI is InChI=1S/C9H10F2/c1-6-3-7(2)5-8(4-6)9(10)11/h3-5,9H,1-2H3. The second kappa shape index (κ2) is 2.99. The molecule has 1 aromatic rings. The molecule has 0 aromatic heterocycles. The lowest BCUT2D eigenvalue weighted by Crippen LogP contribution is -1.86. The van der Waals surface area contributed by atoms with Gasteiger partial charge in [-0.2, -0.15) is 0 Å². The van der Waals surface area contributed by atoms with Crippen LogP contribution in [0.1, 0.15) is 23.1 Å². The van der Waals surface area contributed by atoms with Gasteiger partial charge in [0.2, 0.25) is 0 Å². The van der Waals surface area contributed by atoms with Gasteiger partial charge in [-0.25, -0.2) is 8.78 Å². The minimum Gasteiger partial charge on any atom is -0.205 e. The van der Waals surface area contributed by atoms with Gasteiger partial charge in [0.05, 0.1) is 0 Å². The number of hydrogen-bond acceptors (Lipinski definition) is 0. The van der Waals surface area contributed by atoms with Crippen LogP contribution in [0.25, 0.3) is 0 Å². The highest BCUT2D eigenvalue weighted by molar-refractivity contribution is 5.29. The molecule has 0 unspecified atom stereocenters. The van der Waals surface area contributed by atoms with Crippen molar-refractivity contribution in [2.45, 2.75) is 20.3 Å². The molecule has 0 nitrogen and oxygen atoms in total. The minimum atomic E-state index is -2.35. The topological polar surface area (TPSA) is 0 Å². The zero-order valence-corrected chi connectivity index (χ0v) is 6.57. The highest BCUT2D eigenvalue weighted by Crippen LogP contribution is 2.20. The predicted molar refractivity (Wildman–Crippen MR) is 40.9 cm³/mol. The second-order valence-corrected chi connectivity index (χ2v) is 2.72. The minimum absolute atomic E-state index is 0.113. The largest absolute Gasteiger partial charge is 0.263 e. The van der Waals surface area contributed by atoms with E-state index in [1.54, 1.807) is 0 Å². The quantitative estimate of drug-likeness (QED) is 0.585. The maximum Gasteiger partial charge on any atom is 0.263 e. The Kier molecular flexibility index (Phi) is 2.22. The van der Waals surface area contributed by atoms with Crippen molar-refractivity contribution in [2.24, 2.45) is 0 Å². The smallest absolute Gasteiger partial charge is 0.205 e. The first-order valence-corrected chi connectivity index (χ1v) is 3.46. The maximum atomic E-state index is 12.1. The Morgan fingerprint density at radius 3 is 1.82 bits per heavy atom. The Balaban J connectivity index is 3.08. The van der Waals surface area contributed by atoms with Crippen LogP contribution in [-0.4, -0.2) is 0 Å². The Morgan fingerprint density at radius 2 is 1.45 bits per heavy atom.